The molecule has 0 saturated carbocycles. The molecule has 0 aliphatic carbocycles. The van der Waals surface area contributed by atoms with Gasteiger partial charge in [-0.15, -0.1) is 0 Å². The lowest BCUT2D eigenvalue weighted by atomic mass is 10.4. The first-order valence-corrected chi connectivity index (χ1v) is 5.95. The number of rotatable bonds is 5. The van der Waals surface area contributed by atoms with E-state index in [-0.39, 0.29) is 0 Å². The number of imidazole rings is 1. The molecule has 6 nitrogen and oxygen atoms in total. The topological polar surface area (TPSA) is 78.9 Å². The van der Waals surface area contributed by atoms with Crippen molar-refractivity contribution in [2.75, 3.05) is 13.2 Å². The van der Waals surface area contributed by atoms with Gasteiger partial charge < -0.3 is 10.5 Å². The zero-order chi connectivity index (χ0) is 13.0. The Morgan fingerprint density at radius 2 is 2.22 bits per heavy atom. The summed E-state index contributed by atoms with van der Waals surface area (Å²) in [6.45, 7) is 4.90. The van der Waals surface area contributed by atoms with Crippen molar-refractivity contribution in [3.8, 4) is 11.7 Å². The fourth-order valence-corrected chi connectivity index (χ4v) is 1.73. The molecule has 0 aliphatic heterocycles. The van der Waals surface area contributed by atoms with E-state index in [4.69, 9.17) is 10.5 Å². The predicted octanol–water partition coefficient (Wildman–Crippen LogP) is 0.871. The SMILES string of the molecule is CCOc1cc(-n2ccnc2CCN)nc(C)n1. The summed E-state index contributed by atoms with van der Waals surface area (Å²) in [7, 11) is 0. The van der Waals surface area contributed by atoms with Gasteiger partial charge in [-0.2, -0.15) is 4.98 Å². The van der Waals surface area contributed by atoms with Crippen LogP contribution in [0.5, 0.6) is 5.88 Å². The lowest BCUT2D eigenvalue weighted by Gasteiger charge is -2.09. The molecule has 6 heteroatoms. The average Bonchev–Trinajstić information content (AvgIpc) is 2.77. The molecule has 96 valence electrons. The summed E-state index contributed by atoms with van der Waals surface area (Å²) in [6, 6.07) is 1.80. The molecule has 0 saturated heterocycles. The van der Waals surface area contributed by atoms with Crippen molar-refractivity contribution >= 4 is 0 Å². The minimum absolute atomic E-state index is 0.555. The highest BCUT2D eigenvalue weighted by atomic mass is 16.5. The Hall–Kier alpha value is -1.95. The Kier molecular flexibility index (Phi) is 3.88. The third kappa shape index (κ3) is 2.65. The lowest BCUT2D eigenvalue weighted by molar-refractivity contribution is 0.325. The maximum Gasteiger partial charge on any atom is 0.218 e. The van der Waals surface area contributed by atoms with Gasteiger partial charge in [0.2, 0.25) is 5.88 Å². The fraction of sp³-hybridized carbons (Fsp3) is 0.417. The number of aryl methyl sites for hydroxylation is 1. The fourth-order valence-electron chi connectivity index (χ4n) is 1.73. The Morgan fingerprint density at radius 3 is 2.94 bits per heavy atom. The van der Waals surface area contributed by atoms with Crippen LogP contribution in [0.25, 0.3) is 5.82 Å². The molecule has 2 N–H and O–H groups in total. The molecule has 0 spiro atoms. The Labute approximate surface area is 106 Å². The summed E-state index contributed by atoms with van der Waals surface area (Å²) >= 11 is 0. The Morgan fingerprint density at radius 1 is 1.39 bits per heavy atom. The maximum absolute atomic E-state index is 5.56. The highest BCUT2D eigenvalue weighted by Gasteiger charge is 2.08. The van der Waals surface area contributed by atoms with Crippen LogP contribution in [-0.2, 0) is 6.42 Å². The summed E-state index contributed by atoms with van der Waals surface area (Å²) in [5.41, 5.74) is 5.56. The molecular weight excluding hydrogens is 230 g/mol. The monoisotopic (exact) mass is 247 g/mol. The third-order valence-electron chi connectivity index (χ3n) is 2.43. The number of nitrogens with two attached hydrogens (primary N) is 1. The summed E-state index contributed by atoms with van der Waals surface area (Å²) in [5, 5.41) is 0. The van der Waals surface area contributed by atoms with E-state index in [1.807, 2.05) is 24.6 Å². The van der Waals surface area contributed by atoms with Crippen LogP contribution in [0, 0.1) is 6.92 Å². The molecule has 0 unspecified atom stereocenters. The van der Waals surface area contributed by atoms with Crippen LogP contribution in [0.15, 0.2) is 18.5 Å². The van der Waals surface area contributed by atoms with Gasteiger partial charge in [0, 0.05) is 24.9 Å². The first-order chi connectivity index (χ1) is 8.74. The van der Waals surface area contributed by atoms with Crippen LogP contribution in [0.3, 0.4) is 0 Å². The van der Waals surface area contributed by atoms with Gasteiger partial charge in [-0.25, -0.2) is 9.97 Å². The van der Waals surface area contributed by atoms with E-state index in [2.05, 4.69) is 15.0 Å². The first kappa shape index (κ1) is 12.5. The zero-order valence-electron chi connectivity index (χ0n) is 10.6. The van der Waals surface area contributed by atoms with E-state index in [1.165, 1.54) is 0 Å². The van der Waals surface area contributed by atoms with Gasteiger partial charge in [0.05, 0.1) is 6.61 Å². The largest absolute Gasteiger partial charge is 0.478 e. The highest BCUT2D eigenvalue weighted by Crippen LogP contribution is 2.14. The molecule has 2 aromatic heterocycles. The maximum atomic E-state index is 5.56. The first-order valence-electron chi connectivity index (χ1n) is 5.95. The number of hydrogen-bond acceptors (Lipinski definition) is 5. The van der Waals surface area contributed by atoms with Crippen LogP contribution >= 0.6 is 0 Å². The molecule has 2 aromatic rings. The van der Waals surface area contributed by atoms with Crippen LogP contribution in [0.4, 0.5) is 0 Å². The van der Waals surface area contributed by atoms with Crippen molar-refractivity contribution in [2.24, 2.45) is 5.73 Å². The van der Waals surface area contributed by atoms with Gasteiger partial charge in [-0.1, -0.05) is 0 Å². The summed E-state index contributed by atoms with van der Waals surface area (Å²) in [5.74, 6) is 2.89. The summed E-state index contributed by atoms with van der Waals surface area (Å²) in [6.07, 6.45) is 4.31. The molecule has 0 bridgehead atoms. The number of hydrogen-bond donors (Lipinski definition) is 1. The smallest absolute Gasteiger partial charge is 0.218 e. The standard InChI is InChI=1S/C12H17N5O/c1-3-18-12-8-11(15-9(2)16-12)17-7-6-14-10(17)4-5-13/h6-8H,3-5,13H2,1-2H3. The van der Waals surface area contributed by atoms with E-state index in [9.17, 15) is 0 Å². The highest BCUT2D eigenvalue weighted by molar-refractivity contribution is 5.30. The van der Waals surface area contributed by atoms with Crippen LogP contribution < -0.4 is 10.5 Å². The molecule has 0 aliphatic rings. The molecule has 0 aromatic carbocycles. The average molecular weight is 247 g/mol. The van der Waals surface area contributed by atoms with E-state index in [0.29, 0.717) is 31.3 Å². The molecule has 18 heavy (non-hydrogen) atoms. The molecule has 0 radical (unpaired) electrons. The minimum Gasteiger partial charge on any atom is -0.478 e. The van der Waals surface area contributed by atoms with E-state index in [0.717, 1.165) is 11.6 Å². The van der Waals surface area contributed by atoms with Gasteiger partial charge in [0.15, 0.2) is 0 Å². The quantitative estimate of drug-likeness (QED) is 0.848. The third-order valence-corrected chi connectivity index (χ3v) is 2.43. The van der Waals surface area contributed by atoms with Gasteiger partial charge >= 0.3 is 0 Å². The normalized spacial score (nSPS) is 10.6. The number of aromatic nitrogens is 4. The van der Waals surface area contributed by atoms with Gasteiger partial charge in [0.25, 0.3) is 0 Å². The number of ether oxygens (including phenoxy) is 1. The van der Waals surface area contributed by atoms with Crippen LogP contribution in [0.2, 0.25) is 0 Å². The predicted molar refractivity (Wildman–Crippen MR) is 67.8 cm³/mol. The van der Waals surface area contributed by atoms with Crippen LogP contribution in [0.1, 0.15) is 18.6 Å². The van der Waals surface area contributed by atoms with Gasteiger partial charge in [-0.3, -0.25) is 4.57 Å². The second-order valence-corrected chi connectivity index (χ2v) is 3.80. The van der Waals surface area contributed by atoms with E-state index in [1.54, 1.807) is 12.3 Å². The van der Waals surface area contributed by atoms with Crippen molar-refractivity contribution in [1.82, 2.24) is 19.5 Å². The molecular formula is C12H17N5O. The lowest BCUT2D eigenvalue weighted by Crippen LogP contribution is -2.10. The second-order valence-electron chi connectivity index (χ2n) is 3.80. The second kappa shape index (κ2) is 5.59. The van der Waals surface area contributed by atoms with Crippen molar-refractivity contribution in [3.63, 3.8) is 0 Å². The Bertz CT molecular complexity index is 523. The molecule has 0 fully saturated rings. The van der Waals surface area contributed by atoms with Crippen molar-refractivity contribution in [1.29, 1.82) is 0 Å². The molecule has 2 rings (SSSR count). The van der Waals surface area contributed by atoms with Crippen molar-refractivity contribution in [3.05, 3.63) is 30.1 Å². The van der Waals surface area contributed by atoms with Crippen molar-refractivity contribution in [2.45, 2.75) is 20.3 Å². The van der Waals surface area contributed by atoms with Crippen molar-refractivity contribution < 1.29 is 4.74 Å². The molecule has 0 amide bonds. The van der Waals surface area contributed by atoms with Gasteiger partial charge in [-0.05, 0) is 20.4 Å². The minimum atomic E-state index is 0.555. The molecule has 2 heterocycles. The molecule has 0 atom stereocenters. The van der Waals surface area contributed by atoms with E-state index < -0.39 is 0 Å². The summed E-state index contributed by atoms with van der Waals surface area (Å²) < 4.78 is 7.32. The number of nitrogens with zero attached hydrogens (tertiary/aromatic N) is 4. The summed E-state index contributed by atoms with van der Waals surface area (Å²) in [4.78, 5) is 12.9. The zero-order valence-corrected chi connectivity index (χ0v) is 10.6. The Balaban J connectivity index is 2.39. The van der Waals surface area contributed by atoms with Crippen LogP contribution in [-0.4, -0.2) is 32.7 Å². The van der Waals surface area contributed by atoms with Gasteiger partial charge in [0.1, 0.15) is 17.5 Å². The van der Waals surface area contributed by atoms with E-state index >= 15 is 0 Å².